The Balaban J connectivity index is 1.80. The lowest BCUT2D eigenvalue weighted by Gasteiger charge is -2.31. The number of anilines is 1. The summed E-state index contributed by atoms with van der Waals surface area (Å²) in [4.78, 5) is 27.5. The third-order valence-corrected chi connectivity index (χ3v) is 5.91. The number of hydrogen-bond donors (Lipinski definition) is 1. The van der Waals surface area contributed by atoms with Gasteiger partial charge in [-0.15, -0.1) is 0 Å². The molecule has 3 rings (SSSR count). The predicted molar refractivity (Wildman–Crippen MR) is 124 cm³/mol. The van der Waals surface area contributed by atoms with Crippen molar-refractivity contribution in [2.45, 2.75) is 72.1 Å². The highest BCUT2D eigenvalue weighted by Gasteiger charge is 2.30. The first-order valence-electron chi connectivity index (χ1n) is 11.4. The third-order valence-electron chi connectivity index (χ3n) is 5.91. The van der Waals surface area contributed by atoms with Gasteiger partial charge in [-0.1, -0.05) is 58.2 Å². The molecule has 1 aromatic carbocycles. The van der Waals surface area contributed by atoms with Gasteiger partial charge in [0.1, 0.15) is 5.82 Å². The van der Waals surface area contributed by atoms with E-state index in [9.17, 15) is 9.59 Å². The molecular weight excluding hydrogens is 388 g/mol. The molecule has 6 nitrogen and oxygen atoms in total. The summed E-state index contributed by atoms with van der Waals surface area (Å²) in [6, 6.07) is 9.99. The number of amides is 2. The van der Waals surface area contributed by atoms with Crippen LogP contribution >= 0.6 is 0 Å². The van der Waals surface area contributed by atoms with Gasteiger partial charge in [0.2, 0.25) is 11.8 Å². The average Bonchev–Trinajstić information content (AvgIpc) is 3.08. The summed E-state index contributed by atoms with van der Waals surface area (Å²) in [6.07, 6.45) is 4.89. The fraction of sp³-hybridized carbons (Fsp3) is 0.560. The highest BCUT2D eigenvalue weighted by molar-refractivity contribution is 5.94. The number of benzene rings is 1. The lowest BCUT2D eigenvalue weighted by Crippen LogP contribution is -2.43. The molecule has 0 atom stereocenters. The van der Waals surface area contributed by atoms with Crippen molar-refractivity contribution in [3.05, 3.63) is 41.6 Å². The molecule has 0 radical (unpaired) electrons. The molecule has 1 N–H and O–H groups in total. The van der Waals surface area contributed by atoms with E-state index in [1.807, 2.05) is 37.3 Å². The van der Waals surface area contributed by atoms with E-state index in [1.165, 1.54) is 5.56 Å². The summed E-state index contributed by atoms with van der Waals surface area (Å²) in [5.41, 5.74) is 2.81. The van der Waals surface area contributed by atoms with Gasteiger partial charge in [0.05, 0.1) is 17.9 Å². The van der Waals surface area contributed by atoms with Gasteiger partial charge in [0, 0.05) is 23.9 Å². The summed E-state index contributed by atoms with van der Waals surface area (Å²) in [5, 5.41) is 7.79. The Morgan fingerprint density at radius 1 is 1.19 bits per heavy atom. The van der Waals surface area contributed by atoms with Gasteiger partial charge in [-0.2, -0.15) is 5.10 Å². The van der Waals surface area contributed by atoms with E-state index in [0.29, 0.717) is 12.4 Å². The van der Waals surface area contributed by atoms with E-state index >= 15 is 0 Å². The first kappa shape index (κ1) is 23.0. The van der Waals surface area contributed by atoms with Gasteiger partial charge in [-0.25, -0.2) is 4.68 Å². The van der Waals surface area contributed by atoms with Gasteiger partial charge in [-0.05, 0) is 38.3 Å². The van der Waals surface area contributed by atoms with Crippen molar-refractivity contribution in [2.75, 3.05) is 18.4 Å². The first-order valence-corrected chi connectivity index (χ1v) is 11.4. The van der Waals surface area contributed by atoms with Crippen molar-refractivity contribution in [3.8, 4) is 5.69 Å². The Bertz CT molecular complexity index is 905. The smallest absolute Gasteiger partial charge is 0.245 e. The lowest BCUT2D eigenvalue weighted by molar-refractivity contribution is -0.140. The summed E-state index contributed by atoms with van der Waals surface area (Å²) in [5.74, 6) is 0.662. The van der Waals surface area contributed by atoms with Crippen molar-refractivity contribution in [2.24, 2.45) is 5.92 Å². The highest BCUT2D eigenvalue weighted by Crippen LogP contribution is 2.29. The molecule has 0 unspecified atom stereocenters. The molecule has 1 aliphatic carbocycles. The molecule has 2 amide bonds. The van der Waals surface area contributed by atoms with Crippen molar-refractivity contribution in [1.29, 1.82) is 0 Å². The summed E-state index contributed by atoms with van der Waals surface area (Å²) in [7, 11) is 0. The standard InChI is InChI=1S/C25H36N4O2/c1-6-7-15-28(24(31)19-9-8-10-19)17-23(30)26-22-16-21(25(3,4)5)27-29(22)20-13-11-18(2)12-14-20/h11-14,16,19H,6-10,15,17H2,1-5H3,(H,26,30). The van der Waals surface area contributed by atoms with Crippen LogP contribution < -0.4 is 5.32 Å². The number of nitrogens with zero attached hydrogens (tertiary/aromatic N) is 3. The van der Waals surface area contributed by atoms with Gasteiger partial charge < -0.3 is 10.2 Å². The molecule has 31 heavy (non-hydrogen) atoms. The monoisotopic (exact) mass is 424 g/mol. The average molecular weight is 425 g/mol. The number of nitrogens with one attached hydrogen (secondary N) is 1. The Labute approximate surface area is 186 Å². The summed E-state index contributed by atoms with van der Waals surface area (Å²) >= 11 is 0. The van der Waals surface area contributed by atoms with Crippen LogP contribution in [0.5, 0.6) is 0 Å². The van der Waals surface area contributed by atoms with E-state index in [4.69, 9.17) is 5.10 Å². The summed E-state index contributed by atoms with van der Waals surface area (Å²) in [6.45, 7) is 11.2. The van der Waals surface area contributed by atoms with E-state index < -0.39 is 0 Å². The van der Waals surface area contributed by atoms with Crippen LogP contribution in [0, 0.1) is 12.8 Å². The minimum Gasteiger partial charge on any atom is -0.333 e. The van der Waals surface area contributed by atoms with Gasteiger partial charge in [0.15, 0.2) is 0 Å². The molecule has 0 saturated heterocycles. The van der Waals surface area contributed by atoms with Crippen LogP contribution in [0.25, 0.3) is 5.69 Å². The minimum atomic E-state index is -0.183. The van der Waals surface area contributed by atoms with Crippen molar-refractivity contribution in [1.82, 2.24) is 14.7 Å². The van der Waals surface area contributed by atoms with Crippen LogP contribution in [0.4, 0.5) is 5.82 Å². The lowest BCUT2D eigenvalue weighted by atomic mass is 9.84. The van der Waals surface area contributed by atoms with Crippen LogP contribution in [0.15, 0.2) is 30.3 Å². The molecule has 6 heteroatoms. The SMILES string of the molecule is CCCCN(CC(=O)Nc1cc(C(C)(C)C)nn1-c1ccc(C)cc1)C(=O)C1CCC1. The third kappa shape index (κ3) is 5.75. The van der Waals surface area contributed by atoms with Crippen molar-refractivity contribution < 1.29 is 9.59 Å². The molecule has 0 bridgehead atoms. The largest absolute Gasteiger partial charge is 0.333 e. The van der Waals surface area contributed by atoms with Crippen LogP contribution in [0.2, 0.25) is 0 Å². The van der Waals surface area contributed by atoms with E-state index in [1.54, 1.807) is 9.58 Å². The van der Waals surface area contributed by atoms with Crippen LogP contribution in [-0.2, 0) is 15.0 Å². The predicted octanol–water partition coefficient (Wildman–Crippen LogP) is 4.85. The molecule has 1 fully saturated rings. The molecule has 2 aromatic rings. The van der Waals surface area contributed by atoms with Gasteiger partial charge in [0.25, 0.3) is 0 Å². The van der Waals surface area contributed by atoms with E-state index in [-0.39, 0.29) is 29.7 Å². The first-order chi connectivity index (χ1) is 14.7. The fourth-order valence-corrected chi connectivity index (χ4v) is 3.60. The number of rotatable bonds is 8. The van der Waals surface area contributed by atoms with E-state index in [2.05, 4.69) is 33.0 Å². The topological polar surface area (TPSA) is 67.2 Å². The van der Waals surface area contributed by atoms with Gasteiger partial charge in [-0.3, -0.25) is 9.59 Å². The van der Waals surface area contributed by atoms with Crippen LogP contribution in [0.1, 0.15) is 71.1 Å². The Morgan fingerprint density at radius 3 is 2.42 bits per heavy atom. The number of hydrogen-bond acceptors (Lipinski definition) is 3. The normalized spacial score (nSPS) is 14.2. The zero-order valence-electron chi connectivity index (χ0n) is 19.6. The van der Waals surface area contributed by atoms with Crippen molar-refractivity contribution in [3.63, 3.8) is 0 Å². The quantitative estimate of drug-likeness (QED) is 0.659. The summed E-state index contributed by atoms with van der Waals surface area (Å²) < 4.78 is 1.78. The molecule has 0 aliphatic heterocycles. The molecule has 0 spiro atoms. The van der Waals surface area contributed by atoms with Gasteiger partial charge >= 0.3 is 0 Å². The molecule has 1 aromatic heterocycles. The zero-order chi connectivity index (χ0) is 22.6. The molecule has 1 saturated carbocycles. The van der Waals surface area contributed by atoms with Crippen LogP contribution in [0.3, 0.4) is 0 Å². The molecule has 1 heterocycles. The number of carbonyl (C=O) groups is 2. The molecular formula is C25H36N4O2. The number of aryl methyl sites for hydroxylation is 1. The Kier molecular flexibility index (Phi) is 7.19. The molecule has 168 valence electrons. The Hall–Kier alpha value is -2.63. The number of unbranched alkanes of at least 4 members (excludes halogenated alkanes) is 1. The van der Waals surface area contributed by atoms with E-state index in [0.717, 1.165) is 43.5 Å². The Morgan fingerprint density at radius 2 is 1.87 bits per heavy atom. The maximum absolute atomic E-state index is 13.0. The maximum atomic E-state index is 13.0. The molecule has 1 aliphatic rings. The number of carbonyl (C=O) groups excluding carboxylic acids is 2. The zero-order valence-corrected chi connectivity index (χ0v) is 19.6. The minimum absolute atomic E-state index is 0.0826. The maximum Gasteiger partial charge on any atom is 0.245 e. The van der Waals surface area contributed by atoms with Crippen LogP contribution in [-0.4, -0.2) is 39.6 Å². The highest BCUT2D eigenvalue weighted by atomic mass is 16.2. The fourth-order valence-electron chi connectivity index (χ4n) is 3.60. The second-order valence-electron chi connectivity index (χ2n) is 9.70. The number of aromatic nitrogens is 2. The second-order valence-corrected chi connectivity index (χ2v) is 9.70. The van der Waals surface area contributed by atoms with Crippen molar-refractivity contribution >= 4 is 17.6 Å². The second kappa shape index (κ2) is 9.67.